The van der Waals surface area contributed by atoms with Gasteiger partial charge in [0.15, 0.2) is 5.78 Å². The molecule has 0 atom stereocenters. The standard InChI is InChI=1S/C18H17BrO4/c19-16-9-7-14(8-10-16)17(21)2-1-11-23-18(22)15-5-3-13(12-20)4-6-15/h3-10,20H,1-2,11-12H2. The van der Waals surface area contributed by atoms with Gasteiger partial charge in [0.05, 0.1) is 18.8 Å². The normalized spacial score (nSPS) is 10.3. The summed E-state index contributed by atoms with van der Waals surface area (Å²) in [7, 11) is 0. The first-order chi connectivity index (χ1) is 11.1. The molecule has 0 saturated heterocycles. The lowest BCUT2D eigenvalue weighted by molar-refractivity contribution is 0.0494. The molecule has 0 bridgehead atoms. The number of esters is 1. The number of Topliss-reactive ketones (excluding diaryl/α,β-unsaturated/α-hetero) is 1. The molecule has 0 aromatic heterocycles. The average Bonchev–Trinajstić information content (AvgIpc) is 2.59. The fourth-order valence-electron chi connectivity index (χ4n) is 2.01. The first-order valence-corrected chi connectivity index (χ1v) is 8.05. The lowest BCUT2D eigenvalue weighted by atomic mass is 10.1. The van der Waals surface area contributed by atoms with Crippen molar-refractivity contribution in [1.82, 2.24) is 0 Å². The second kappa shape index (κ2) is 8.60. The second-order valence-electron chi connectivity index (χ2n) is 5.02. The molecule has 23 heavy (non-hydrogen) atoms. The molecule has 0 heterocycles. The zero-order chi connectivity index (χ0) is 16.7. The summed E-state index contributed by atoms with van der Waals surface area (Å²) in [5, 5.41) is 8.95. The molecule has 0 spiro atoms. The Kier molecular flexibility index (Phi) is 6.50. The SMILES string of the molecule is O=C(CCCOC(=O)c1ccc(CO)cc1)c1ccc(Br)cc1. The van der Waals surface area contributed by atoms with Crippen molar-refractivity contribution in [3.63, 3.8) is 0 Å². The maximum absolute atomic E-state index is 12.0. The van der Waals surface area contributed by atoms with E-state index in [9.17, 15) is 9.59 Å². The van der Waals surface area contributed by atoms with Gasteiger partial charge in [-0.05, 0) is 36.2 Å². The Morgan fingerprint density at radius 3 is 2.17 bits per heavy atom. The van der Waals surface area contributed by atoms with Gasteiger partial charge in [-0.2, -0.15) is 0 Å². The Morgan fingerprint density at radius 1 is 0.957 bits per heavy atom. The van der Waals surface area contributed by atoms with Crippen LogP contribution in [0.4, 0.5) is 0 Å². The first-order valence-electron chi connectivity index (χ1n) is 7.26. The van der Waals surface area contributed by atoms with Crippen LogP contribution in [0.1, 0.15) is 39.1 Å². The second-order valence-corrected chi connectivity index (χ2v) is 5.94. The van der Waals surface area contributed by atoms with Gasteiger partial charge < -0.3 is 9.84 Å². The molecule has 0 unspecified atom stereocenters. The van der Waals surface area contributed by atoms with Gasteiger partial charge in [0.2, 0.25) is 0 Å². The predicted molar refractivity (Wildman–Crippen MR) is 90.4 cm³/mol. The summed E-state index contributed by atoms with van der Waals surface area (Å²) in [5.41, 5.74) is 1.82. The van der Waals surface area contributed by atoms with E-state index in [0.717, 1.165) is 10.0 Å². The van der Waals surface area contributed by atoms with Gasteiger partial charge >= 0.3 is 5.97 Å². The number of aliphatic hydroxyl groups is 1. The van der Waals surface area contributed by atoms with Gasteiger partial charge in [-0.1, -0.05) is 40.2 Å². The zero-order valence-corrected chi connectivity index (χ0v) is 14.1. The fraction of sp³-hybridized carbons (Fsp3) is 0.222. The minimum atomic E-state index is -0.425. The van der Waals surface area contributed by atoms with Gasteiger partial charge in [-0.25, -0.2) is 4.79 Å². The quantitative estimate of drug-likeness (QED) is 0.453. The summed E-state index contributed by atoms with van der Waals surface area (Å²) in [5.74, 6) is -0.397. The van der Waals surface area contributed by atoms with Crippen molar-refractivity contribution in [3.05, 3.63) is 69.7 Å². The van der Waals surface area contributed by atoms with Crippen molar-refractivity contribution >= 4 is 27.7 Å². The van der Waals surface area contributed by atoms with Crippen LogP contribution in [0.15, 0.2) is 53.0 Å². The van der Waals surface area contributed by atoms with E-state index in [0.29, 0.717) is 24.0 Å². The van der Waals surface area contributed by atoms with Crippen LogP contribution in [0.3, 0.4) is 0 Å². The lowest BCUT2D eigenvalue weighted by Crippen LogP contribution is -2.08. The minimum Gasteiger partial charge on any atom is -0.462 e. The smallest absolute Gasteiger partial charge is 0.338 e. The van der Waals surface area contributed by atoms with Crippen LogP contribution in [-0.4, -0.2) is 23.5 Å². The van der Waals surface area contributed by atoms with E-state index in [1.54, 1.807) is 36.4 Å². The molecular weight excluding hydrogens is 360 g/mol. The third-order valence-electron chi connectivity index (χ3n) is 3.32. The summed E-state index contributed by atoms with van der Waals surface area (Å²) >= 11 is 3.32. The van der Waals surface area contributed by atoms with Crippen LogP contribution in [0.25, 0.3) is 0 Å². The van der Waals surface area contributed by atoms with Crippen molar-refractivity contribution in [2.24, 2.45) is 0 Å². The van der Waals surface area contributed by atoms with Gasteiger partial charge in [-0.15, -0.1) is 0 Å². The number of carbonyl (C=O) groups is 2. The Morgan fingerprint density at radius 2 is 1.57 bits per heavy atom. The van der Waals surface area contributed by atoms with E-state index in [1.165, 1.54) is 0 Å². The van der Waals surface area contributed by atoms with Gasteiger partial charge in [0, 0.05) is 16.5 Å². The Hall–Kier alpha value is -1.98. The zero-order valence-electron chi connectivity index (χ0n) is 12.5. The van der Waals surface area contributed by atoms with Crippen molar-refractivity contribution in [3.8, 4) is 0 Å². The van der Waals surface area contributed by atoms with Crippen LogP contribution >= 0.6 is 15.9 Å². The van der Waals surface area contributed by atoms with E-state index >= 15 is 0 Å². The fourth-order valence-corrected chi connectivity index (χ4v) is 2.27. The monoisotopic (exact) mass is 376 g/mol. The molecule has 4 nitrogen and oxygen atoms in total. The molecule has 0 fully saturated rings. The van der Waals surface area contributed by atoms with Crippen LogP contribution in [0.2, 0.25) is 0 Å². The molecular formula is C18H17BrO4. The highest BCUT2D eigenvalue weighted by Crippen LogP contribution is 2.13. The molecule has 0 radical (unpaired) electrons. The molecule has 1 N–H and O–H groups in total. The summed E-state index contributed by atoms with van der Waals surface area (Å²) in [6.07, 6.45) is 0.813. The van der Waals surface area contributed by atoms with Crippen molar-refractivity contribution in [2.75, 3.05) is 6.61 Å². The van der Waals surface area contributed by atoms with Gasteiger partial charge in [0.1, 0.15) is 0 Å². The van der Waals surface area contributed by atoms with Crippen molar-refractivity contribution in [1.29, 1.82) is 0 Å². The number of ether oxygens (including phenoxy) is 1. The van der Waals surface area contributed by atoms with Crippen molar-refractivity contribution in [2.45, 2.75) is 19.4 Å². The lowest BCUT2D eigenvalue weighted by Gasteiger charge is -2.05. The molecule has 0 amide bonds. The molecule has 0 aliphatic heterocycles. The first kappa shape index (κ1) is 17.4. The van der Waals surface area contributed by atoms with E-state index in [-0.39, 0.29) is 19.0 Å². The molecule has 120 valence electrons. The van der Waals surface area contributed by atoms with Crippen molar-refractivity contribution < 1.29 is 19.4 Å². The third kappa shape index (κ3) is 5.30. The molecule has 2 aromatic rings. The highest BCUT2D eigenvalue weighted by Gasteiger charge is 2.09. The van der Waals surface area contributed by atoms with Crippen LogP contribution < -0.4 is 0 Å². The van der Waals surface area contributed by atoms with Gasteiger partial charge in [-0.3, -0.25) is 4.79 Å². The minimum absolute atomic E-state index is 0.0286. The predicted octanol–water partition coefficient (Wildman–Crippen LogP) is 3.76. The average molecular weight is 377 g/mol. The number of ketones is 1. The highest BCUT2D eigenvalue weighted by molar-refractivity contribution is 9.10. The van der Waals surface area contributed by atoms with Crippen LogP contribution in [0, 0.1) is 0 Å². The Balaban J connectivity index is 1.75. The number of aliphatic hydroxyl groups excluding tert-OH is 1. The van der Waals surface area contributed by atoms with Crippen LogP contribution in [-0.2, 0) is 11.3 Å². The maximum atomic E-state index is 12.0. The highest BCUT2D eigenvalue weighted by atomic mass is 79.9. The topological polar surface area (TPSA) is 63.6 Å². The number of carbonyl (C=O) groups excluding carboxylic acids is 2. The van der Waals surface area contributed by atoms with Crippen LogP contribution in [0.5, 0.6) is 0 Å². The van der Waals surface area contributed by atoms with E-state index < -0.39 is 5.97 Å². The van der Waals surface area contributed by atoms with Gasteiger partial charge in [0.25, 0.3) is 0 Å². The maximum Gasteiger partial charge on any atom is 0.338 e. The van der Waals surface area contributed by atoms with E-state index in [2.05, 4.69) is 15.9 Å². The number of hydrogen-bond donors (Lipinski definition) is 1. The molecule has 2 aromatic carbocycles. The summed E-state index contributed by atoms with van der Waals surface area (Å²) < 4.78 is 6.07. The number of hydrogen-bond acceptors (Lipinski definition) is 4. The third-order valence-corrected chi connectivity index (χ3v) is 3.85. The number of halogens is 1. The molecule has 5 heteroatoms. The van der Waals surface area contributed by atoms with E-state index in [4.69, 9.17) is 9.84 Å². The summed E-state index contributed by atoms with van der Waals surface area (Å²) in [6.45, 7) is 0.135. The molecule has 2 rings (SSSR count). The molecule has 0 saturated carbocycles. The molecule has 0 aliphatic rings. The summed E-state index contributed by atoms with van der Waals surface area (Å²) in [6, 6.07) is 13.7. The number of rotatable bonds is 7. The largest absolute Gasteiger partial charge is 0.462 e. The van der Waals surface area contributed by atoms with E-state index in [1.807, 2.05) is 12.1 Å². The number of benzene rings is 2. The molecule has 0 aliphatic carbocycles. The summed E-state index contributed by atoms with van der Waals surface area (Å²) in [4.78, 5) is 23.8. The Bertz CT molecular complexity index is 662. The Labute approximate surface area is 143 Å².